The second-order valence-corrected chi connectivity index (χ2v) is 13.4. The van der Waals surface area contributed by atoms with Gasteiger partial charge in [-0.1, -0.05) is 25.5 Å². The molecule has 11 nitrogen and oxygen atoms in total. The average Bonchev–Trinajstić information content (AvgIpc) is 3.78. The highest BCUT2D eigenvalue weighted by molar-refractivity contribution is 7.89. The van der Waals surface area contributed by atoms with Gasteiger partial charge in [-0.2, -0.15) is 15.0 Å². The lowest BCUT2D eigenvalue weighted by molar-refractivity contribution is 0.339. The Balaban J connectivity index is 1.29. The van der Waals surface area contributed by atoms with E-state index < -0.39 is 10.0 Å². The number of thiazole rings is 1. The molecule has 1 atom stereocenters. The lowest BCUT2D eigenvalue weighted by Crippen LogP contribution is -2.41. The van der Waals surface area contributed by atoms with E-state index in [4.69, 9.17) is 19.7 Å². The fourth-order valence-electron chi connectivity index (χ4n) is 4.60. The molecule has 3 N–H and O–H groups in total. The van der Waals surface area contributed by atoms with Crippen LogP contribution in [-0.4, -0.2) is 60.6 Å². The summed E-state index contributed by atoms with van der Waals surface area (Å²) < 4.78 is 34.4. The Bertz CT molecular complexity index is 1550. The van der Waals surface area contributed by atoms with Crippen molar-refractivity contribution in [1.29, 1.82) is 0 Å². The first-order chi connectivity index (χ1) is 20.4. The van der Waals surface area contributed by atoms with Crippen molar-refractivity contribution in [3.8, 4) is 15.6 Å². The zero-order chi connectivity index (χ0) is 29.4. The van der Waals surface area contributed by atoms with Crippen LogP contribution in [0.15, 0.2) is 52.1 Å². The van der Waals surface area contributed by atoms with E-state index in [9.17, 15) is 8.42 Å². The van der Waals surface area contributed by atoms with Crippen LogP contribution in [0.3, 0.4) is 0 Å². The molecule has 1 aliphatic heterocycles. The van der Waals surface area contributed by atoms with Gasteiger partial charge in [0, 0.05) is 37.1 Å². The van der Waals surface area contributed by atoms with Crippen molar-refractivity contribution in [2.45, 2.75) is 57.0 Å². The molecule has 1 aliphatic rings. The van der Waals surface area contributed by atoms with Gasteiger partial charge in [0.2, 0.25) is 27.9 Å². The summed E-state index contributed by atoms with van der Waals surface area (Å²) in [5.74, 6) is 1.98. The molecule has 0 saturated carbocycles. The van der Waals surface area contributed by atoms with Crippen LogP contribution in [0.25, 0.3) is 9.88 Å². The molecule has 1 fully saturated rings. The smallest absolute Gasteiger partial charge is 0.240 e. The number of hydrogen-bond acceptors (Lipinski definition) is 12. The fourth-order valence-corrected chi connectivity index (χ4v) is 7.34. The molecule has 0 bridgehead atoms. The third-order valence-electron chi connectivity index (χ3n) is 6.72. The van der Waals surface area contributed by atoms with Gasteiger partial charge in [0.25, 0.3) is 0 Å². The predicted octanol–water partition coefficient (Wildman–Crippen LogP) is 5.23. The number of thiophene rings is 1. The molecule has 0 radical (unpaired) electrons. The molecule has 1 unspecified atom stereocenters. The highest BCUT2D eigenvalue weighted by Crippen LogP contribution is 2.28. The molecule has 14 heteroatoms. The van der Waals surface area contributed by atoms with Crippen molar-refractivity contribution in [1.82, 2.24) is 24.7 Å². The van der Waals surface area contributed by atoms with Gasteiger partial charge in [-0.25, -0.2) is 18.1 Å². The number of anilines is 3. The Hall–Kier alpha value is -3.33. The molecule has 42 heavy (non-hydrogen) atoms. The van der Waals surface area contributed by atoms with Gasteiger partial charge < -0.3 is 20.3 Å². The SMILES string of the molecule is CCCCNc1nc(NCc2csc(-c3cccs3)n2)nc(N2CCCC2CNS(=O)(=O)c2cccc(OCC)c2)n1. The quantitative estimate of drug-likeness (QED) is 0.150. The van der Waals surface area contributed by atoms with Gasteiger partial charge in [-0.3, -0.25) is 0 Å². The van der Waals surface area contributed by atoms with Crippen LogP contribution in [0.1, 0.15) is 45.2 Å². The van der Waals surface area contributed by atoms with Crippen LogP contribution < -0.4 is 25.0 Å². The number of rotatable bonds is 15. The first-order valence-electron chi connectivity index (χ1n) is 14.2. The van der Waals surface area contributed by atoms with Gasteiger partial charge in [-0.05, 0) is 49.8 Å². The Morgan fingerprint density at radius 2 is 1.90 bits per heavy atom. The normalized spacial score (nSPS) is 15.2. The van der Waals surface area contributed by atoms with Crippen LogP contribution in [0, 0.1) is 0 Å². The van der Waals surface area contributed by atoms with Crippen LogP contribution in [-0.2, 0) is 16.6 Å². The minimum absolute atomic E-state index is 0.0968. The summed E-state index contributed by atoms with van der Waals surface area (Å²) in [6, 6.07) is 10.5. The second kappa shape index (κ2) is 14.2. The number of benzene rings is 1. The Labute approximate surface area is 254 Å². The number of unbranched alkanes of at least 4 members (excludes halogenated alkanes) is 1. The van der Waals surface area contributed by atoms with Crippen molar-refractivity contribution in [2.75, 3.05) is 41.8 Å². The van der Waals surface area contributed by atoms with E-state index >= 15 is 0 Å². The summed E-state index contributed by atoms with van der Waals surface area (Å²) in [4.78, 5) is 22.2. The third-order valence-corrected chi connectivity index (χ3v) is 10.1. The summed E-state index contributed by atoms with van der Waals surface area (Å²) in [6.07, 6.45) is 3.77. The Morgan fingerprint density at radius 3 is 2.69 bits per heavy atom. The molecule has 1 aromatic carbocycles. The van der Waals surface area contributed by atoms with Crippen molar-refractivity contribution in [3.05, 3.63) is 52.9 Å². The largest absolute Gasteiger partial charge is 0.494 e. The number of nitrogens with zero attached hydrogens (tertiary/aromatic N) is 5. The van der Waals surface area contributed by atoms with Crippen molar-refractivity contribution >= 4 is 50.5 Å². The maximum absolute atomic E-state index is 13.1. The zero-order valence-corrected chi connectivity index (χ0v) is 26.2. The second-order valence-electron chi connectivity index (χ2n) is 9.79. The van der Waals surface area contributed by atoms with Gasteiger partial charge in [-0.15, -0.1) is 22.7 Å². The molecule has 3 aromatic heterocycles. The van der Waals surface area contributed by atoms with Crippen molar-refractivity contribution < 1.29 is 13.2 Å². The van der Waals surface area contributed by atoms with Gasteiger partial charge in [0.1, 0.15) is 10.8 Å². The van der Waals surface area contributed by atoms with Gasteiger partial charge >= 0.3 is 0 Å². The molecular weight excluding hydrogens is 593 g/mol. The maximum atomic E-state index is 13.1. The standard InChI is InChI=1S/C28H36N8O3S3/c1-3-5-13-29-26-33-27(30-17-20-19-41-25(32-20)24-12-8-15-40-24)35-28(34-26)36-14-7-9-21(36)18-31-42(37,38)23-11-6-10-22(16-23)39-4-2/h6,8,10-12,15-16,19,21,31H,3-5,7,9,13-14,17-18H2,1-2H3,(H2,29,30,33,34,35). The minimum atomic E-state index is -3.72. The van der Waals surface area contributed by atoms with E-state index in [0.717, 1.165) is 54.4 Å². The summed E-state index contributed by atoms with van der Waals surface area (Å²) >= 11 is 3.28. The molecule has 4 heterocycles. The first-order valence-corrected chi connectivity index (χ1v) is 17.4. The molecule has 0 aliphatic carbocycles. The monoisotopic (exact) mass is 628 g/mol. The highest BCUT2D eigenvalue weighted by atomic mass is 32.2. The van der Waals surface area contributed by atoms with Crippen LogP contribution in [0.4, 0.5) is 17.8 Å². The maximum Gasteiger partial charge on any atom is 0.240 e. The number of hydrogen-bond donors (Lipinski definition) is 3. The zero-order valence-electron chi connectivity index (χ0n) is 23.7. The van der Waals surface area contributed by atoms with Crippen molar-refractivity contribution in [2.24, 2.45) is 0 Å². The topological polar surface area (TPSA) is 134 Å². The number of sulfonamides is 1. The molecular formula is C28H36N8O3S3. The van der Waals surface area contributed by atoms with E-state index in [1.54, 1.807) is 46.9 Å². The van der Waals surface area contributed by atoms with Crippen molar-refractivity contribution in [3.63, 3.8) is 0 Å². The predicted molar refractivity (Wildman–Crippen MR) is 169 cm³/mol. The minimum Gasteiger partial charge on any atom is -0.494 e. The number of ether oxygens (including phenoxy) is 1. The molecule has 224 valence electrons. The molecule has 4 aromatic rings. The molecule has 1 saturated heterocycles. The molecule has 0 amide bonds. The van der Waals surface area contributed by atoms with E-state index in [1.165, 1.54) is 0 Å². The number of aromatic nitrogens is 4. The lowest BCUT2D eigenvalue weighted by Gasteiger charge is -2.25. The van der Waals surface area contributed by atoms with E-state index in [-0.39, 0.29) is 17.5 Å². The summed E-state index contributed by atoms with van der Waals surface area (Å²) in [5.41, 5.74) is 0.910. The summed E-state index contributed by atoms with van der Waals surface area (Å²) in [7, 11) is -3.72. The van der Waals surface area contributed by atoms with Crippen LogP contribution in [0.2, 0.25) is 0 Å². The first kappa shape index (κ1) is 30.1. The average molecular weight is 629 g/mol. The van der Waals surface area contributed by atoms with Crippen LogP contribution >= 0.6 is 22.7 Å². The van der Waals surface area contributed by atoms with Gasteiger partial charge in [0.05, 0.1) is 28.6 Å². The summed E-state index contributed by atoms with van der Waals surface area (Å²) in [6.45, 7) is 6.64. The summed E-state index contributed by atoms with van der Waals surface area (Å²) in [5, 5.41) is 11.7. The lowest BCUT2D eigenvalue weighted by atomic mass is 10.2. The van der Waals surface area contributed by atoms with E-state index in [0.29, 0.717) is 36.7 Å². The van der Waals surface area contributed by atoms with Crippen LogP contribution in [0.5, 0.6) is 5.75 Å². The Kier molecular flexibility index (Phi) is 10.2. The molecule has 5 rings (SSSR count). The molecule has 0 spiro atoms. The van der Waals surface area contributed by atoms with Gasteiger partial charge in [0.15, 0.2) is 0 Å². The van der Waals surface area contributed by atoms with E-state index in [1.807, 2.05) is 23.8 Å². The fraction of sp³-hybridized carbons (Fsp3) is 0.429. The number of nitrogens with one attached hydrogen (secondary N) is 3. The van der Waals surface area contributed by atoms with E-state index in [2.05, 4.69) is 38.2 Å². The third kappa shape index (κ3) is 7.73. The Morgan fingerprint density at radius 1 is 1.05 bits per heavy atom. The highest BCUT2D eigenvalue weighted by Gasteiger charge is 2.29.